The van der Waals surface area contributed by atoms with Crippen molar-refractivity contribution in [1.82, 2.24) is 9.96 Å². The van der Waals surface area contributed by atoms with Crippen molar-refractivity contribution in [3.63, 3.8) is 0 Å². The van der Waals surface area contributed by atoms with Crippen LogP contribution in [0.5, 0.6) is 0 Å². The standard InChI is InChI=1S/C10H16N2O4/c1-11(16-3)9(13)8-6-4-5-7-12(8)10(14)15-2/h6H,4-5,7H2,1-3H3. The molecule has 0 fully saturated rings. The normalized spacial score (nSPS) is 15.4. The SMILES string of the molecule is COC(=O)N1CCCC=C1C(=O)N(C)OC. The topological polar surface area (TPSA) is 59.1 Å². The van der Waals surface area contributed by atoms with Crippen molar-refractivity contribution in [2.75, 3.05) is 27.8 Å². The van der Waals surface area contributed by atoms with Gasteiger partial charge in [-0.25, -0.2) is 9.86 Å². The first kappa shape index (κ1) is 12.5. The number of carbonyl (C=O) groups excluding carboxylic acids is 2. The van der Waals surface area contributed by atoms with Crippen molar-refractivity contribution in [1.29, 1.82) is 0 Å². The van der Waals surface area contributed by atoms with Gasteiger partial charge in [-0.2, -0.15) is 0 Å². The van der Waals surface area contributed by atoms with Gasteiger partial charge in [0.25, 0.3) is 5.91 Å². The summed E-state index contributed by atoms with van der Waals surface area (Å²) in [4.78, 5) is 29.4. The number of hydrogen-bond acceptors (Lipinski definition) is 4. The summed E-state index contributed by atoms with van der Waals surface area (Å²) < 4.78 is 4.62. The average molecular weight is 228 g/mol. The van der Waals surface area contributed by atoms with E-state index in [1.54, 1.807) is 6.08 Å². The van der Waals surface area contributed by atoms with E-state index >= 15 is 0 Å². The van der Waals surface area contributed by atoms with Crippen LogP contribution in [0.25, 0.3) is 0 Å². The van der Waals surface area contributed by atoms with E-state index in [4.69, 9.17) is 4.84 Å². The number of methoxy groups -OCH3 is 1. The minimum absolute atomic E-state index is 0.308. The van der Waals surface area contributed by atoms with E-state index in [-0.39, 0.29) is 5.91 Å². The molecule has 0 aromatic carbocycles. The van der Waals surface area contributed by atoms with Crippen molar-refractivity contribution < 1.29 is 19.2 Å². The average Bonchev–Trinajstić information content (AvgIpc) is 2.35. The molecule has 0 bridgehead atoms. The Hall–Kier alpha value is -1.56. The smallest absolute Gasteiger partial charge is 0.414 e. The number of amides is 2. The molecule has 0 spiro atoms. The van der Waals surface area contributed by atoms with Crippen LogP contribution in [-0.4, -0.2) is 49.8 Å². The maximum absolute atomic E-state index is 11.8. The fraction of sp³-hybridized carbons (Fsp3) is 0.600. The van der Waals surface area contributed by atoms with Crippen LogP contribution in [0.3, 0.4) is 0 Å². The van der Waals surface area contributed by atoms with Crippen LogP contribution >= 0.6 is 0 Å². The van der Waals surface area contributed by atoms with Gasteiger partial charge >= 0.3 is 6.09 Å². The summed E-state index contributed by atoms with van der Waals surface area (Å²) in [6.07, 6.45) is 2.79. The lowest BCUT2D eigenvalue weighted by Crippen LogP contribution is -2.41. The highest BCUT2D eigenvalue weighted by molar-refractivity contribution is 5.95. The van der Waals surface area contributed by atoms with E-state index in [0.717, 1.165) is 17.9 Å². The van der Waals surface area contributed by atoms with Crippen molar-refractivity contribution in [3.8, 4) is 0 Å². The number of rotatable bonds is 2. The number of nitrogens with zero attached hydrogens (tertiary/aromatic N) is 2. The molecule has 0 atom stereocenters. The lowest BCUT2D eigenvalue weighted by molar-refractivity contribution is -0.165. The molecule has 6 nitrogen and oxygen atoms in total. The zero-order valence-corrected chi connectivity index (χ0v) is 9.73. The highest BCUT2D eigenvalue weighted by atomic mass is 16.7. The fourth-order valence-corrected chi connectivity index (χ4v) is 1.47. The fourth-order valence-electron chi connectivity index (χ4n) is 1.47. The zero-order chi connectivity index (χ0) is 12.1. The van der Waals surface area contributed by atoms with Crippen LogP contribution in [0.1, 0.15) is 12.8 Å². The highest BCUT2D eigenvalue weighted by Crippen LogP contribution is 2.17. The molecule has 6 heteroatoms. The minimum atomic E-state index is -0.524. The zero-order valence-electron chi connectivity index (χ0n) is 9.73. The Balaban J connectivity index is 2.86. The van der Waals surface area contributed by atoms with Gasteiger partial charge in [-0.1, -0.05) is 6.08 Å². The first-order valence-corrected chi connectivity index (χ1v) is 4.99. The summed E-state index contributed by atoms with van der Waals surface area (Å²) in [6.45, 7) is 0.488. The van der Waals surface area contributed by atoms with E-state index in [1.165, 1.54) is 26.2 Å². The second kappa shape index (κ2) is 5.50. The Labute approximate surface area is 94.4 Å². The van der Waals surface area contributed by atoms with Crippen molar-refractivity contribution in [2.24, 2.45) is 0 Å². The molecule has 0 radical (unpaired) electrons. The number of ether oxygens (including phenoxy) is 1. The molecular formula is C10H16N2O4. The second-order valence-corrected chi connectivity index (χ2v) is 3.34. The van der Waals surface area contributed by atoms with Gasteiger partial charge in [0.15, 0.2) is 0 Å². The predicted octanol–water partition coefficient (Wildman–Crippen LogP) is 0.752. The third-order valence-electron chi connectivity index (χ3n) is 2.39. The number of hydrogen-bond donors (Lipinski definition) is 0. The van der Waals surface area contributed by atoms with Gasteiger partial charge in [0, 0.05) is 13.6 Å². The molecule has 0 N–H and O–H groups in total. The summed E-state index contributed by atoms with van der Waals surface area (Å²) in [5, 5.41) is 1.08. The van der Waals surface area contributed by atoms with Gasteiger partial charge in [-0.15, -0.1) is 0 Å². The summed E-state index contributed by atoms with van der Waals surface area (Å²) in [7, 11) is 4.18. The highest BCUT2D eigenvalue weighted by Gasteiger charge is 2.28. The summed E-state index contributed by atoms with van der Waals surface area (Å²) in [5.41, 5.74) is 0.308. The largest absolute Gasteiger partial charge is 0.452 e. The first-order valence-electron chi connectivity index (χ1n) is 4.99. The van der Waals surface area contributed by atoms with Crippen LogP contribution < -0.4 is 0 Å². The molecule has 2 amide bonds. The van der Waals surface area contributed by atoms with E-state index in [9.17, 15) is 9.59 Å². The van der Waals surface area contributed by atoms with Crippen LogP contribution in [0.2, 0.25) is 0 Å². The maximum atomic E-state index is 11.8. The van der Waals surface area contributed by atoms with Gasteiger partial charge < -0.3 is 4.74 Å². The molecule has 0 aromatic rings. The van der Waals surface area contributed by atoms with Gasteiger partial charge in [0.2, 0.25) is 0 Å². The minimum Gasteiger partial charge on any atom is -0.452 e. The third kappa shape index (κ3) is 2.52. The maximum Gasteiger partial charge on any atom is 0.414 e. The van der Waals surface area contributed by atoms with Gasteiger partial charge in [0.1, 0.15) is 5.70 Å². The molecule has 0 aliphatic carbocycles. The Morgan fingerprint density at radius 2 is 2.12 bits per heavy atom. The van der Waals surface area contributed by atoms with E-state index in [1.807, 2.05) is 0 Å². The molecule has 1 aliphatic rings. The molecule has 1 rings (SSSR count). The van der Waals surface area contributed by atoms with Crippen LogP contribution in [0, 0.1) is 0 Å². The lowest BCUT2D eigenvalue weighted by Gasteiger charge is -2.28. The molecule has 1 aliphatic heterocycles. The second-order valence-electron chi connectivity index (χ2n) is 3.34. The Kier molecular flexibility index (Phi) is 4.30. The molecule has 0 saturated carbocycles. The number of carbonyl (C=O) groups is 2. The number of hydroxylamine groups is 2. The molecule has 90 valence electrons. The monoisotopic (exact) mass is 228 g/mol. The molecular weight excluding hydrogens is 212 g/mol. The van der Waals surface area contributed by atoms with Crippen molar-refractivity contribution in [2.45, 2.75) is 12.8 Å². The predicted molar refractivity (Wildman–Crippen MR) is 56.2 cm³/mol. The Morgan fingerprint density at radius 1 is 1.44 bits per heavy atom. The third-order valence-corrected chi connectivity index (χ3v) is 2.39. The van der Waals surface area contributed by atoms with Gasteiger partial charge in [-0.05, 0) is 12.8 Å². The summed E-state index contributed by atoms with van der Waals surface area (Å²) in [5.74, 6) is -0.354. The van der Waals surface area contributed by atoms with Crippen LogP contribution in [-0.2, 0) is 14.4 Å². The molecule has 16 heavy (non-hydrogen) atoms. The number of likely N-dealkylation sites (N-methyl/N-ethyl adjacent to an activating group) is 1. The number of allylic oxidation sites excluding steroid dienone is 1. The summed E-state index contributed by atoms with van der Waals surface area (Å²) in [6, 6.07) is 0. The first-order chi connectivity index (χ1) is 7.61. The van der Waals surface area contributed by atoms with Crippen molar-refractivity contribution in [3.05, 3.63) is 11.8 Å². The van der Waals surface area contributed by atoms with E-state index in [2.05, 4.69) is 4.74 Å². The van der Waals surface area contributed by atoms with Gasteiger partial charge in [-0.3, -0.25) is 14.5 Å². The lowest BCUT2D eigenvalue weighted by atomic mass is 10.1. The van der Waals surface area contributed by atoms with E-state index in [0.29, 0.717) is 12.2 Å². The molecule has 1 heterocycles. The molecule has 0 aromatic heterocycles. The molecule has 0 saturated heterocycles. The van der Waals surface area contributed by atoms with Gasteiger partial charge in [0.05, 0.1) is 14.2 Å². The van der Waals surface area contributed by atoms with E-state index < -0.39 is 6.09 Å². The molecule has 0 unspecified atom stereocenters. The summed E-state index contributed by atoms with van der Waals surface area (Å²) >= 11 is 0. The van der Waals surface area contributed by atoms with Crippen LogP contribution in [0.15, 0.2) is 11.8 Å². The Morgan fingerprint density at radius 3 is 2.69 bits per heavy atom. The van der Waals surface area contributed by atoms with Crippen molar-refractivity contribution >= 4 is 12.0 Å². The van der Waals surface area contributed by atoms with Crippen LogP contribution in [0.4, 0.5) is 4.79 Å². The quantitative estimate of drug-likeness (QED) is 0.654. The Bertz CT molecular complexity index is 314.